The summed E-state index contributed by atoms with van der Waals surface area (Å²) in [5, 5.41) is 7.12. The van der Waals surface area contributed by atoms with Gasteiger partial charge in [-0.3, -0.25) is 9.19 Å². The predicted octanol–water partition coefficient (Wildman–Crippen LogP) is 4.83. The Morgan fingerprint density at radius 1 is 1.12 bits per heavy atom. The van der Waals surface area contributed by atoms with E-state index in [1.807, 2.05) is 42.6 Å². The van der Waals surface area contributed by atoms with E-state index in [4.69, 9.17) is 4.42 Å². The molecule has 0 unspecified atom stereocenters. The molecule has 6 nitrogen and oxygen atoms in total. The minimum absolute atomic E-state index is 0.00740. The van der Waals surface area contributed by atoms with E-state index in [9.17, 15) is 13.0 Å². The van der Waals surface area contributed by atoms with Gasteiger partial charge in [-0.25, -0.2) is 0 Å². The lowest BCUT2D eigenvalue weighted by Crippen LogP contribution is -2.45. The standard InChI is InChI=1S/C23H31BF2N4O2S/c1-4-7-20(8-5-2)33(24,31)30(19-10-6-9-16(3)13-19)15-18-12-11-17(14-27-18)22-28-29-23(32-22)21(25)26/h6,9-14,20-21,33H,4-5,7-8,15,24H2,1-3H3. The number of hydrogen-bond donors (Lipinski definition) is 1. The Morgan fingerprint density at radius 3 is 2.39 bits per heavy atom. The number of halogens is 2. The summed E-state index contributed by atoms with van der Waals surface area (Å²) in [6, 6.07) is 11.5. The number of aryl methyl sites for hydroxylation is 1. The fourth-order valence-electron chi connectivity index (χ4n) is 3.97. The number of pyridine rings is 1. The quantitative estimate of drug-likeness (QED) is 0.317. The lowest BCUT2D eigenvalue weighted by Gasteiger charge is -2.41. The second-order valence-corrected chi connectivity index (χ2v) is 11.5. The Hall–Kier alpha value is -2.62. The Bertz CT molecular complexity index is 1090. The molecule has 0 saturated heterocycles. The van der Waals surface area contributed by atoms with Crippen molar-refractivity contribution in [2.75, 3.05) is 4.31 Å². The van der Waals surface area contributed by atoms with E-state index in [0.29, 0.717) is 17.8 Å². The third kappa shape index (κ3) is 6.04. The largest absolute Gasteiger partial charge is 0.415 e. The number of rotatable bonds is 11. The third-order valence-corrected chi connectivity index (χ3v) is 8.91. The molecule has 0 aliphatic heterocycles. The summed E-state index contributed by atoms with van der Waals surface area (Å²) < 4.78 is 46.7. The summed E-state index contributed by atoms with van der Waals surface area (Å²) in [6.45, 7) is 6.63. The molecule has 0 bridgehead atoms. The van der Waals surface area contributed by atoms with Crippen LogP contribution in [0.15, 0.2) is 47.0 Å². The molecule has 10 heteroatoms. The zero-order valence-electron chi connectivity index (χ0n) is 19.5. The fraction of sp³-hybridized carbons (Fsp3) is 0.435. The molecule has 178 valence electrons. The molecular formula is C23H31BF2N4O2S. The van der Waals surface area contributed by atoms with Crippen molar-refractivity contribution in [3.63, 3.8) is 0 Å². The number of hydrogen-bond acceptors (Lipinski definition) is 5. The van der Waals surface area contributed by atoms with Gasteiger partial charge in [0.15, 0.2) is 0 Å². The number of benzene rings is 1. The average molecular weight is 476 g/mol. The van der Waals surface area contributed by atoms with E-state index in [1.165, 1.54) is 6.20 Å². The van der Waals surface area contributed by atoms with E-state index in [-0.39, 0.29) is 11.1 Å². The first-order valence-corrected chi connectivity index (χ1v) is 13.4. The fourth-order valence-corrected chi connectivity index (χ4v) is 6.85. The molecule has 3 rings (SSSR count). The van der Waals surface area contributed by atoms with Crippen LogP contribution in [0.1, 0.15) is 63.1 Å². The summed E-state index contributed by atoms with van der Waals surface area (Å²) >= 11 is 0. The second-order valence-electron chi connectivity index (χ2n) is 8.36. The van der Waals surface area contributed by atoms with Crippen LogP contribution >= 0.6 is 0 Å². The average Bonchev–Trinajstić information content (AvgIpc) is 3.28. The molecule has 3 aromatic rings. The summed E-state index contributed by atoms with van der Waals surface area (Å²) in [4.78, 5) is 4.48. The van der Waals surface area contributed by atoms with Crippen LogP contribution in [0, 0.1) is 6.92 Å². The summed E-state index contributed by atoms with van der Waals surface area (Å²) in [5.41, 5.74) is 3.16. The maximum absolute atomic E-state index is 14.3. The molecule has 2 heterocycles. The minimum atomic E-state index is -2.82. The number of thiol groups is 1. The van der Waals surface area contributed by atoms with Crippen molar-refractivity contribution in [2.24, 2.45) is 0 Å². The van der Waals surface area contributed by atoms with Crippen LogP contribution in [0.4, 0.5) is 14.5 Å². The minimum Gasteiger partial charge on any atom is -0.415 e. The van der Waals surface area contributed by atoms with Gasteiger partial charge in [0.1, 0.15) is 0 Å². The highest BCUT2D eigenvalue weighted by molar-refractivity contribution is 8.23. The molecule has 0 aliphatic rings. The molecule has 0 N–H and O–H groups in total. The van der Waals surface area contributed by atoms with Gasteiger partial charge in [-0.2, -0.15) is 8.78 Å². The summed E-state index contributed by atoms with van der Waals surface area (Å²) in [7, 11) is -0.883. The topological polar surface area (TPSA) is 72.1 Å². The molecule has 0 saturated carbocycles. The first-order valence-electron chi connectivity index (χ1n) is 11.2. The van der Waals surface area contributed by atoms with E-state index in [1.54, 1.807) is 12.1 Å². The van der Waals surface area contributed by atoms with Gasteiger partial charge in [0.2, 0.25) is 13.0 Å². The van der Waals surface area contributed by atoms with Crippen LogP contribution < -0.4 is 4.31 Å². The predicted molar refractivity (Wildman–Crippen MR) is 132 cm³/mol. The van der Waals surface area contributed by atoms with Crippen molar-refractivity contribution in [1.82, 2.24) is 15.2 Å². The van der Waals surface area contributed by atoms with E-state index in [0.717, 1.165) is 36.9 Å². The van der Waals surface area contributed by atoms with Gasteiger partial charge < -0.3 is 8.72 Å². The SMILES string of the molecule is B[SH](=O)(C(CCC)CCC)N(Cc1ccc(-c2nnc(C(F)F)o2)cn1)c1cccc(C)c1. The molecule has 33 heavy (non-hydrogen) atoms. The highest BCUT2D eigenvalue weighted by Gasteiger charge is 2.29. The first-order chi connectivity index (χ1) is 15.8. The van der Waals surface area contributed by atoms with Crippen molar-refractivity contribution < 1.29 is 17.4 Å². The maximum atomic E-state index is 14.3. The van der Waals surface area contributed by atoms with Gasteiger partial charge in [-0.1, -0.05) is 48.8 Å². The molecular weight excluding hydrogens is 445 g/mol. The van der Waals surface area contributed by atoms with E-state index in [2.05, 4.69) is 29.0 Å². The van der Waals surface area contributed by atoms with Crippen LogP contribution in [0.25, 0.3) is 11.5 Å². The zero-order chi connectivity index (χ0) is 24.0. The third-order valence-electron chi connectivity index (χ3n) is 5.71. The number of anilines is 1. The molecule has 2 aromatic heterocycles. The van der Waals surface area contributed by atoms with Crippen LogP contribution in [0.3, 0.4) is 0 Å². The monoisotopic (exact) mass is 476 g/mol. The van der Waals surface area contributed by atoms with Gasteiger partial charge in [-0.05, 0) is 49.6 Å². The Morgan fingerprint density at radius 2 is 1.85 bits per heavy atom. The second kappa shape index (κ2) is 11.0. The van der Waals surface area contributed by atoms with Crippen molar-refractivity contribution in [3.8, 4) is 11.5 Å². The molecule has 1 aromatic carbocycles. The number of nitrogens with zero attached hydrogens (tertiary/aromatic N) is 4. The molecule has 0 spiro atoms. The Labute approximate surface area is 195 Å². The normalized spacial score (nSPS) is 12.5. The number of alkyl halides is 2. The van der Waals surface area contributed by atoms with Crippen LogP contribution in [0.5, 0.6) is 0 Å². The van der Waals surface area contributed by atoms with E-state index >= 15 is 0 Å². The molecule has 0 amide bonds. The van der Waals surface area contributed by atoms with Crippen LogP contribution in [0.2, 0.25) is 0 Å². The zero-order valence-corrected chi connectivity index (χ0v) is 20.4. The lowest BCUT2D eigenvalue weighted by molar-refractivity contribution is 0.116. The van der Waals surface area contributed by atoms with Crippen LogP contribution in [-0.4, -0.2) is 31.8 Å². The van der Waals surface area contributed by atoms with Gasteiger partial charge in [0, 0.05) is 17.1 Å². The molecule has 0 atom stereocenters. The first kappa shape index (κ1) is 25.0. The van der Waals surface area contributed by atoms with E-state index < -0.39 is 22.3 Å². The molecule has 0 fully saturated rings. The van der Waals surface area contributed by atoms with Crippen molar-refractivity contribution >= 4 is 22.8 Å². The van der Waals surface area contributed by atoms with Gasteiger partial charge in [0.05, 0.1) is 17.8 Å². The highest BCUT2D eigenvalue weighted by atomic mass is 32.2. The van der Waals surface area contributed by atoms with Crippen molar-refractivity contribution in [3.05, 3.63) is 59.7 Å². The maximum Gasteiger partial charge on any atom is 0.314 e. The Balaban J connectivity index is 1.92. The summed E-state index contributed by atoms with van der Waals surface area (Å²) in [6.07, 6.45) is 2.45. The van der Waals surface area contributed by atoms with Gasteiger partial charge in [-0.15, -0.1) is 10.2 Å². The summed E-state index contributed by atoms with van der Waals surface area (Å²) in [5.74, 6) is -0.725. The smallest absolute Gasteiger partial charge is 0.314 e. The molecule has 0 radical (unpaired) electrons. The Kier molecular flexibility index (Phi) is 8.34. The lowest BCUT2D eigenvalue weighted by atomic mass is 10.2. The molecule has 0 aliphatic carbocycles. The highest BCUT2D eigenvalue weighted by Crippen LogP contribution is 2.31. The van der Waals surface area contributed by atoms with Gasteiger partial charge >= 0.3 is 6.43 Å². The van der Waals surface area contributed by atoms with Crippen LogP contribution in [-0.2, 0) is 16.5 Å². The van der Waals surface area contributed by atoms with Crippen molar-refractivity contribution in [1.29, 1.82) is 0 Å². The number of aromatic nitrogens is 3. The van der Waals surface area contributed by atoms with Gasteiger partial charge in [0.25, 0.3) is 5.89 Å². The van der Waals surface area contributed by atoms with Crippen molar-refractivity contribution in [2.45, 2.75) is 64.7 Å².